The summed E-state index contributed by atoms with van der Waals surface area (Å²) >= 11 is 0. The molecule has 86 valence electrons. The Kier molecular flexibility index (Phi) is 2.20. The lowest BCUT2D eigenvalue weighted by atomic mass is 10.0. The van der Waals surface area contributed by atoms with E-state index in [0.29, 0.717) is 18.9 Å². The third kappa shape index (κ3) is 1.46. The molecule has 0 radical (unpaired) electrons. The number of hydrogen-bond donors (Lipinski definition) is 2. The Morgan fingerprint density at radius 1 is 1.31 bits per heavy atom. The molecule has 0 unspecified atom stereocenters. The highest BCUT2D eigenvalue weighted by molar-refractivity contribution is 5.88. The average Bonchev–Trinajstić information content (AvgIpc) is 2.90. The minimum absolute atomic E-state index is 0.354. The average molecular weight is 231 g/mol. The SMILES string of the molecule is NC1(c2c(F)cc(C(=O)O)c(F)c2F)CC1. The second-order valence-electron chi connectivity index (χ2n) is 3.87. The van der Waals surface area contributed by atoms with Crippen molar-refractivity contribution in [1.29, 1.82) is 0 Å². The summed E-state index contributed by atoms with van der Waals surface area (Å²) in [6, 6.07) is 0.461. The fourth-order valence-corrected chi connectivity index (χ4v) is 1.59. The number of halogens is 3. The van der Waals surface area contributed by atoms with Crippen LogP contribution in [-0.4, -0.2) is 11.1 Å². The largest absolute Gasteiger partial charge is 0.478 e. The van der Waals surface area contributed by atoms with Gasteiger partial charge in [0, 0.05) is 11.1 Å². The van der Waals surface area contributed by atoms with Gasteiger partial charge < -0.3 is 10.8 Å². The third-order valence-electron chi connectivity index (χ3n) is 2.68. The highest BCUT2D eigenvalue weighted by Crippen LogP contribution is 2.45. The van der Waals surface area contributed by atoms with Crippen LogP contribution in [0.25, 0.3) is 0 Å². The molecule has 0 heterocycles. The molecule has 3 nitrogen and oxygen atoms in total. The molecule has 1 aromatic carbocycles. The summed E-state index contributed by atoms with van der Waals surface area (Å²) in [4.78, 5) is 10.5. The highest BCUT2D eigenvalue weighted by atomic mass is 19.2. The number of carboxylic acid groups (broad SMARTS) is 1. The first-order chi connectivity index (χ1) is 7.37. The number of carboxylic acids is 1. The molecule has 0 bridgehead atoms. The molecule has 0 saturated heterocycles. The van der Waals surface area contributed by atoms with Gasteiger partial charge in [-0.05, 0) is 18.9 Å². The maximum absolute atomic E-state index is 13.5. The van der Waals surface area contributed by atoms with Gasteiger partial charge >= 0.3 is 5.97 Å². The maximum Gasteiger partial charge on any atom is 0.338 e. The molecular weight excluding hydrogens is 223 g/mol. The standard InChI is InChI=1S/C10H8F3NO2/c11-5-3-4(9(15)16)7(12)8(13)6(5)10(14)1-2-10/h3H,1-2,14H2,(H,15,16). The minimum atomic E-state index is -1.72. The molecule has 1 saturated carbocycles. The van der Waals surface area contributed by atoms with Crippen LogP contribution in [0.1, 0.15) is 28.8 Å². The number of nitrogens with two attached hydrogens (primary N) is 1. The monoisotopic (exact) mass is 231 g/mol. The summed E-state index contributed by atoms with van der Waals surface area (Å²) in [6.45, 7) is 0. The van der Waals surface area contributed by atoms with Crippen LogP contribution in [-0.2, 0) is 5.54 Å². The van der Waals surface area contributed by atoms with Crippen molar-refractivity contribution in [2.45, 2.75) is 18.4 Å². The van der Waals surface area contributed by atoms with E-state index in [2.05, 4.69) is 0 Å². The smallest absolute Gasteiger partial charge is 0.338 e. The van der Waals surface area contributed by atoms with Crippen LogP contribution in [0.3, 0.4) is 0 Å². The molecule has 0 aliphatic heterocycles. The molecule has 0 amide bonds. The van der Waals surface area contributed by atoms with Gasteiger partial charge in [-0.3, -0.25) is 0 Å². The van der Waals surface area contributed by atoms with Crippen molar-refractivity contribution in [2.75, 3.05) is 0 Å². The summed E-state index contributed by atoms with van der Waals surface area (Å²) < 4.78 is 40.2. The normalized spacial score (nSPS) is 17.2. The fourth-order valence-electron chi connectivity index (χ4n) is 1.59. The highest BCUT2D eigenvalue weighted by Gasteiger charge is 2.45. The van der Waals surface area contributed by atoms with E-state index in [1.165, 1.54) is 0 Å². The molecule has 0 spiro atoms. The van der Waals surface area contributed by atoms with Crippen LogP contribution < -0.4 is 5.73 Å². The van der Waals surface area contributed by atoms with Crippen molar-refractivity contribution >= 4 is 5.97 Å². The summed E-state index contributed by atoms with van der Waals surface area (Å²) in [5, 5.41) is 8.52. The Morgan fingerprint density at radius 3 is 2.31 bits per heavy atom. The molecule has 2 rings (SSSR count). The van der Waals surface area contributed by atoms with Crippen molar-refractivity contribution in [3.8, 4) is 0 Å². The number of aromatic carboxylic acids is 1. The van der Waals surface area contributed by atoms with E-state index < -0.39 is 40.1 Å². The molecule has 1 aliphatic rings. The lowest BCUT2D eigenvalue weighted by Gasteiger charge is -2.13. The van der Waals surface area contributed by atoms with Crippen molar-refractivity contribution in [3.63, 3.8) is 0 Å². The van der Waals surface area contributed by atoms with Gasteiger partial charge in [-0.1, -0.05) is 0 Å². The number of rotatable bonds is 2. The molecular formula is C10H8F3NO2. The van der Waals surface area contributed by atoms with E-state index >= 15 is 0 Å². The van der Waals surface area contributed by atoms with Gasteiger partial charge in [-0.2, -0.15) is 0 Å². The fraction of sp³-hybridized carbons (Fsp3) is 0.300. The summed E-state index contributed by atoms with van der Waals surface area (Å²) in [7, 11) is 0. The Balaban J connectivity index is 2.66. The van der Waals surface area contributed by atoms with Crippen molar-refractivity contribution in [3.05, 3.63) is 34.6 Å². The summed E-state index contributed by atoms with van der Waals surface area (Å²) in [6.07, 6.45) is 0.708. The molecule has 0 atom stereocenters. The van der Waals surface area contributed by atoms with E-state index in [1.54, 1.807) is 0 Å². The predicted molar refractivity (Wildman–Crippen MR) is 48.4 cm³/mol. The van der Waals surface area contributed by atoms with Crippen molar-refractivity contribution < 1.29 is 23.1 Å². The zero-order valence-corrected chi connectivity index (χ0v) is 8.06. The summed E-state index contributed by atoms with van der Waals surface area (Å²) in [5.74, 6) is -5.90. The molecule has 0 aromatic heterocycles. The Bertz CT molecular complexity index is 483. The van der Waals surface area contributed by atoms with Crippen LogP contribution in [0.15, 0.2) is 6.07 Å². The zero-order chi connectivity index (χ0) is 12.1. The molecule has 1 aromatic rings. The van der Waals surface area contributed by atoms with E-state index in [1.807, 2.05) is 0 Å². The van der Waals surface area contributed by atoms with Crippen LogP contribution in [0.2, 0.25) is 0 Å². The van der Waals surface area contributed by atoms with Gasteiger partial charge in [0.15, 0.2) is 11.6 Å². The zero-order valence-electron chi connectivity index (χ0n) is 8.06. The van der Waals surface area contributed by atoms with Crippen molar-refractivity contribution in [1.82, 2.24) is 0 Å². The maximum atomic E-state index is 13.5. The third-order valence-corrected chi connectivity index (χ3v) is 2.68. The topological polar surface area (TPSA) is 63.3 Å². The summed E-state index contributed by atoms with van der Waals surface area (Å²) in [5.41, 5.74) is 2.80. The minimum Gasteiger partial charge on any atom is -0.478 e. The van der Waals surface area contributed by atoms with Gasteiger partial charge in [0.05, 0.1) is 0 Å². The first kappa shape index (κ1) is 10.9. The first-order valence-electron chi connectivity index (χ1n) is 4.57. The molecule has 1 fully saturated rings. The van der Waals surface area contributed by atoms with Crippen molar-refractivity contribution in [2.24, 2.45) is 5.73 Å². The second kappa shape index (κ2) is 3.21. The van der Waals surface area contributed by atoms with Gasteiger partial charge in [0.2, 0.25) is 0 Å². The Morgan fingerprint density at radius 2 is 1.88 bits per heavy atom. The Labute approximate surface area is 88.7 Å². The lowest BCUT2D eigenvalue weighted by molar-refractivity contribution is 0.0689. The van der Waals surface area contributed by atoms with Crippen LogP contribution in [0.4, 0.5) is 13.2 Å². The van der Waals surface area contributed by atoms with E-state index in [9.17, 15) is 18.0 Å². The van der Waals surface area contributed by atoms with Gasteiger partial charge in [-0.15, -0.1) is 0 Å². The Hall–Kier alpha value is -1.56. The number of hydrogen-bond acceptors (Lipinski definition) is 2. The van der Waals surface area contributed by atoms with E-state index in [0.717, 1.165) is 0 Å². The molecule has 16 heavy (non-hydrogen) atoms. The van der Waals surface area contributed by atoms with E-state index in [4.69, 9.17) is 10.8 Å². The predicted octanol–water partition coefficient (Wildman–Crippen LogP) is 1.75. The molecule has 1 aliphatic carbocycles. The van der Waals surface area contributed by atoms with Gasteiger partial charge in [0.1, 0.15) is 11.4 Å². The van der Waals surface area contributed by atoms with Gasteiger partial charge in [-0.25, -0.2) is 18.0 Å². The number of benzene rings is 1. The van der Waals surface area contributed by atoms with Crippen LogP contribution >= 0.6 is 0 Å². The van der Waals surface area contributed by atoms with Crippen LogP contribution in [0.5, 0.6) is 0 Å². The number of carbonyl (C=O) groups is 1. The van der Waals surface area contributed by atoms with E-state index in [-0.39, 0.29) is 0 Å². The second-order valence-corrected chi connectivity index (χ2v) is 3.87. The van der Waals surface area contributed by atoms with Crippen LogP contribution in [0, 0.1) is 17.5 Å². The molecule has 3 N–H and O–H groups in total. The first-order valence-corrected chi connectivity index (χ1v) is 4.57. The lowest BCUT2D eigenvalue weighted by Crippen LogP contribution is -2.24. The quantitative estimate of drug-likeness (QED) is 0.762. The van der Waals surface area contributed by atoms with Gasteiger partial charge in [0.25, 0.3) is 0 Å². The molecule has 6 heteroatoms.